The molecule has 1 aromatic rings. The van der Waals surface area contributed by atoms with E-state index in [1.165, 1.54) is 21.3 Å². The van der Waals surface area contributed by atoms with Crippen LogP contribution in [0.25, 0.3) is 0 Å². The summed E-state index contributed by atoms with van der Waals surface area (Å²) in [6.45, 7) is 0. The third kappa shape index (κ3) is 3.20. The molecule has 0 saturated carbocycles. The van der Waals surface area contributed by atoms with Crippen molar-refractivity contribution in [2.24, 2.45) is 5.73 Å². The monoisotopic (exact) mass is 275 g/mol. The molecule has 18 heavy (non-hydrogen) atoms. The standard InChI is InChI=1S/C12H17NO4.ClH/c1-15-10(9-7-5-4-6-8-9)12(13,17-3)11(14)16-2;/h4-8,10H,13H2,1-3H3;1H/t10?,12-;/m1./s1. The van der Waals surface area contributed by atoms with Gasteiger partial charge in [-0.3, -0.25) is 5.73 Å². The summed E-state index contributed by atoms with van der Waals surface area (Å²) in [5.41, 5.74) is 5.00. The Morgan fingerprint density at radius 2 is 1.78 bits per heavy atom. The Morgan fingerprint density at radius 1 is 1.22 bits per heavy atom. The van der Waals surface area contributed by atoms with Crippen LogP contribution in [0, 0.1) is 0 Å². The largest absolute Gasteiger partial charge is 0.466 e. The highest BCUT2D eigenvalue weighted by Gasteiger charge is 2.45. The first-order chi connectivity index (χ1) is 8.10. The van der Waals surface area contributed by atoms with E-state index in [0.29, 0.717) is 0 Å². The highest BCUT2D eigenvalue weighted by molar-refractivity contribution is 5.85. The van der Waals surface area contributed by atoms with Gasteiger partial charge in [0.2, 0.25) is 5.72 Å². The summed E-state index contributed by atoms with van der Waals surface area (Å²) in [6.07, 6.45) is -0.735. The van der Waals surface area contributed by atoms with Gasteiger partial charge >= 0.3 is 5.97 Å². The lowest BCUT2D eigenvalue weighted by Gasteiger charge is -2.32. The molecule has 2 atom stereocenters. The molecular formula is C12H18ClNO4. The lowest BCUT2D eigenvalue weighted by atomic mass is 9.99. The third-order valence-electron chi connectivity index (χ3n) is 2.57. The fourth-order valence-corrected chi connectivity index (χ4v) is 1.64. The molecule has 0 aliphatic rings. The number of ether oxygens (including phenoxy) is 3. The van der Waals surface area contributed by atoms with Gasteiger partial charge in [0.05, 0.1) is 7.11 Å². The molecule has 0 bridgehead atoms. The lowest BCUT2D eigenvalue weighted by Crippen LogP contribution is -2.55. The molecule has 6 heteroatoms. The SMILES string of the molecule is COC(=O)[C@](N)(OC)C(OC)c1ccccc1.Cl. The number of rotatable bonds is 5. The number of carbonyl (C=O) groups excluding carboxylic acids is 1. The molecule has 102 valence electrons. The van der Waals surface area contributed by atoms with Gasteiger partial charge in [-0.15, -0.1) is 12.4 Å². The van der Waals surface area contributed by atoms with Crippen molar-refractivity contribution < 1.29 is 19.0 Å². The zero-order valence-corrected chi connectivity index (χ0v) is 11.4. The number of halogens is 1. The molecule has 1 unspecified atom stereocenters. The molecule has 0 aliphatic heterocycles. The Hall–Kier alpha value is -1.14. The minimum Gasteiger partial charge on any atom is -0.466 e. The average Bonchev–Trinajstić information content (AvgIpc) is 2.39. The molecule has 2 N–H and O–H groups in total. The van der Waals surface area contributed by atoms with Gasteiger partial charge in [-0.05, 0) is 5.56 Å². The van der Waals surface area contributed by atoms with Gasteiger partial charge in [0.15, 0.2) is 0 Å². The van der Waals surface area contributed by atoms with Gasteiger partial charge in [-0.2, -0.15) is 0 Å². The van der Waals surface area contributed by atoms with Gasteiger partial charge in [0.25, 0.3) is 0 Å². The van der Waals surface area contributed by atoms with Gasteiger partial charge < -0.3 is 14.2 Å². The maximum absolute atomic E-state index is 11.7. The van der Waals surface area contributed by atoms with Gasteiger partial charge in [0, 0.05) is 14.2 Å². The minimum absolute atomic E-state index is 0. The summed E-state index contributed by atoms with van der Waals surface area (Å²) < 4.78 is 15.0. The molecule has 1 rings (SSSR count). The van der Waals surface area contributed by atoms with Crippen LogP contribution in [0.4, 0.5) is 0 Å². The van der Waals surface area contributed by atoms with Crippen molar-refractivity contribution in [1.29, 1.82) is 0 Å². The van der Waals surface area contributed by atoms with Crippen molar-refractivity contribution in [2.45, 2.75) is 11.8 Å². The third-order valence-corrected chi connectivity index (χ3v) is 2.57. The van der Waals surface area contributed by atoms with E-state index in [1.54, 1.807) is 12.1 Å². The van der Waals surface area contributed by atoms with E-state index >= 15 is 0 Å². The second kappa shape index (κ2) is 7.33. The number of benzene rings is 1. The lowest BCUT2D eigenvalue weighted by molar-refractivity contribution is -0.184. The van der Waals surface area contributed by atoms with Crippen molar-refractivity contribution in [3.63, 3.8) is 0 Å². The van der Waals surface area contributed by atoms with Crippen LogP contribution in [0.2, 0.25) is 0 Å². The predicted molar refractivity (Wildman–Crippen MR) is 69.4 cm³/mol. The Balaban J connectivity index is 0.00000289. The van der Waals surface area contributed by atoms with E-state index in [0.717, 1.165) is 5.56 Å². The Morgan fingerprint density at radius 3 is 2.17 bits per heavy atom. The molecule has 0 aromatic heterocycles. The number of carbonyl (C=O) groups is 1. The van der Waals surface area contributed by atoms with E-state index in [2.05, 4.69) is 4.74 Å². The fourth-order valence-electron chi connectivity index (χ4n) is 1.64. The van der Waals surface area contributed by atoms with E-state index < -0.39 is 17.8 Å². The quantitative estimate of drug-likeness (QED) is 0.647. The first-order valence-electron chi connectivity index (χ1n) is 5.10. The fraction of sp³-hybridized carbons (Fsp3) is 0.417. The number of nitrogens with two attached hydrogens (primary N) is 1. The van der Waals surface area contributed by atoms with Crippen LogP contribution >= 0.6 is 12.4 Å². The maximum atomic E-state index is 11.7. The van der Waals surface area contributed by atoms with E-state index in [9.17, 15) is 4.79 Å². The van der Waals surface area contributed by atoms with E-state index in [4.69, 9.17) is 15.2 Å². The van der Waals surface area contributed by atoms with Crippen molar-refractivity contribution in [3.05, 3.63) is 35.9 Å². The first-order valence-corrected chi connectivity index (χ1v) is 5.10. The smallest absolute Gasteiger partial charge is 0.356 e. The zero-order valence-electron chi connectivity index (χ0n) is 10.6. The summed E-state index contributed by atoms with van der Waals surface area (Å²) >= 11 is 0. The van der Waals surface area contributed by atoms with Crippen LogP contribution in [0.1, 0.15) is 11.7 Å². The van der Waals surface area contributed by atoms with Crippen molar-refractivity contribution >= 4 is 18.4 Å². The number of hydrogen-bond acceptors (Lipinski definition) is 5. The van der Waals surface area contributed by atoms with Crippen molar-refractivity contribution in [1.82, 2.24) is 0 Å². The maximum Gasteiger partial charge on any atom is 0.356 e. The van der Waals surface area contributed by atoms with Crippen LogP contribution in [0.3, 0.4) is 0 Å². The average molecular weight is 276 g/mol. The summed E-state index contributed by atoms with van der Waals surface area (Å²) in [4.78, 5) is 11.7. The van der Waals surface area contributed by atoms with Crippen LogP contribution < -0.4 is 5.73 Å². The molecule has 5 nitrogen and oxygen atoms in total. The van der Waals surface area contributed by atoms with Crippen LogP contribution in [0.5, 0.6) is 0 Å². The molecule has 0 spiro atoms. The van der Waals surface area contributed by atoms with Crippen molar-refractivity contribution in [3.8, 4) is 0 Å². The van der Waals surface area contributed by atoms with Crippen LogP contribution in [-0.2, 0) is 19.0 Å². The molecular weight excluding hydrogens is 258 g/mol. The van der Waals surface area contributed by atoms with Crippen LogP contribution in [-0.4, -0.2) is 33.0 Å². The first kappa shape index (κ1) is 16.9. The predicted octanol–water partition coefficient (Wildman–Crippen LogP) is 1.27. The summed E-state index contributed by atoms with van der Waals surface area (Å²) in [7, 11) is 4.05. The summed E-state index contributed by atoms with van der Waals surface area (Å²) in [5, 5.41) is 0. The minimum atomic E-state index is -1.66. The number of methoxy groups -OCH3 is 3. The van der Waals surface area contributed by atoms with Gasteiger partial charge in [-0.25, -0.2) is 4.79 Å². The van der Waals surface area contributed by atoms with Crippen molar-refractivity contribution in [2.75, 3.05) is 21.3 Å². The Kier molecular flexibility index (Phi) is 6.86. The molecule has 0 heterocycles. The normalized spacial score (nSPS) is 15.1. The molecule has 0 aliphatic carbocycles. The molecule has 1 aromatic carbocycles. The molecule has 0 saturated heterocycles. The molecule has 0 fully saturated rings. The Bertz CT molecular complexity index is 374. The number of hydrogen-bond donors (Lipinski definition) is 1. The van der Waals surface area contributed by atoms with Gasteiger partial charge in [-0.1, -0.05) is 30.3 Å². The number of esters is 1. The van der Waals surface area contributed by atoms with E-state index in [-0.39, 0.29) is 12.4 Å². The van der Waals surface area contributed by atoms with Gasteiger partial charge in [0.1, 0.15) is 6.10 Å². The Labute approximate surface area is 113 Å². The zero-order chi connectivity index (χ0) is 12.9. The van der Waals surface area contributed by atoms with Crippen LogP contribution in [0.15, 0.2) is 30.3 Å². The van der Waals surface area contributed by atoms with E-state index in [1.807, 2.05) is 18.2 Å². The highest BCUT2D eigenvalue weighted by Crippen LogP contribution is 2.28. The topological polar surface area (TPSA) is 70.8 Å². The molecule has 0 amide bonds. The summed E-state index contributed by atoms with van der Waals surface area (Å²) in [6, 6.07) is 9.12. The highest BCUT2D eigenvalue weighted by atomic mass is 35.5. The summed E-state index contributed by atoms with van der Waals surface area (Å²) in [5.74, 6) is -0.685. The second-order valence-corrected chi connectivity index (χ2v) is 3.52. The second-order valence-electron chi connectivity index (χ2n) is 3.52. The molecule has 0 radical (unpaired) electrons.